The van der Waals surface area contributed by atoms with Gasteiger partial charge in [0.2, 0.25) is 0 Å². The standard InChI is InChI=1S/C17H20N4O2S/c22-17(15-6-18-2-3-19-15)20-5-13-10-23-16-9-21(8-14(13)16)7-12-1-4-24-11-12/h1-4,6,11,13-14,16H,5,7-10H2,(H,20,22)/t13-,14-,16-/m1/s1. The highest BCUT2D eigenvalue weighted by atomic mass is 32.1. The molecule has 0 saturated carbocycles. The second kappa shape index (κ2) is 6.96. The first-order valence-corrected chi connectivity index (χ1v) is 9.13. The van der Waals surface area contributed by atoms with E-state index in [4.69, 9.17) is 4.74 Å². The molecule has 2 saturated heterocycles. The van der Waals surface area contributed by atoms with E-state index in [1.54, 1.807) is 17.5 Å². The molecule has 1 amide bonds. The first-order valence-electron chi connectivity index (χ1n) is 8.19. The van der Waals surface area contributed by atoms with Crippen molar-refractivity contribution in [2.24, 2.45) is 11.8 Å². The van der Waals surface area contributed by atoms with Gasteiger partial charge in [0.25, 0.3) is 5.91 Å². The molecule has 4 rings (SSSR count). The number of hydrogen-bond acceptors (Lipinski definition) is 6. The number of likely N-dealkylation sites (tertiary alicyclic amines) is 1. The van der Waals surface area contributed by atoms with Crippen molar-refractivity contribution in [1.29, 1.82) is 0 Å². The van der Waals surface area contributed by atoms with E-state index in [9.17, 15) is 4.79 Å². The Morgan fingerprint density at radius 1 is 1.42 bits per heavy atom. The topological polar surface area (TPSA) is 67.3 Å². The highest BCUT2D eigenvalue weighted by molar-refractivity contribution is 7.07. The Balaban J connectivity index is 1.30. The van der Waals surface area contributed by atoms with Crippen LogP contribution < -0.4 is 5.32 Å². The lowest BCUT2D eigenvalue weighted by atomic mass is 9.93. The lowest BCUT2D eigenvalue weighted by Crippen LogP contribution is -2.34. The fraction of sp³-hybridized carbons (Fsp3) is 0.471. The van der Waals surface area contributed by atoms with Crippen molar-refractivity contribution in [3.05, 3.63) is 46.7 Å². The number of nitrogens with zero attached hydrogens (tertiary/aromatic N) is 3. The maximum Gasteiger partial charge on any atom is 0.271 e. The van der Waals surface area contributed by atoms with E-state index in [0.29, 0.717) is 30.2 Å². The molecule has 2 aliphatic rings. The van der Waals surface area contributed by atoms with Crippen LogP contribution in [0, 0.1) is 11.8 Å². The summed E-state index contributed by atoms with van der Waals surface area (Å²) in [7, 11) is 0. The molecule has 0 aromatic carbocycles. The summed E-state index contributed by atoms with van der Waals surface area (Å²) in [6.07, 6.45) is 4.87. The van der Waals surface area contributed by atoms with Crippen molar-refractivity contribution < 1.29 is 9.53 Å². The zero-order valence-electron chi connectivity index (χ0n) is 13.3. The third kappa shape index (κ3) is 3.33. The van der Waals surface area contributed by atoms with Crippen molar-refractivity contribution in [2.75, 3.05) is 26.2 Å². The van der Waals surface area contributed by atoms with E-state index >= 15 is 0 Å². The summed E-state index contributed by atoms with van der Waals surface area (Å²) in [5.74, 6) is 0.688. The number of amides is 1. The van der Waals surface area contributed by atoms with E-state index in [0.717, 1.165) is 26.2 Å². The number of rotatable bonds is 5. The zero-order chi connectivity index (χ0) is 16.4. The van der Waals surface area contributed by atoms with E-state index < -0.39 is 0 Å². The number of hydrogen-bond donors (Lipinski definition) is 1. The molecule has 0 bridgehead atoms. The van der Waals surface area contributed by atoms with Crippen LogP contribution in [0.25, 0.3) is 0 Å². The normalized spacial score (nSPS) is 26.4. The predicted octanol–water partition coefficient (Wildman–Crippen LogP) is 1.41. The van der Waals surface area contributed by atoms with Gasteiger partial charge in [-0.15, -0.1) is 0 Å². The molecule has 6 nitrogen and oxygen atoms in total. The molecule has 24 heavy (non-hydrogen) atoms. The molecule has 0 unspecified atom stereocenters. The molecule has 2 fully saturated rings. The number of carbonyl (C=O) groups is 1. The van der Waals surface area contributed by atoms with Gasteiger partial charge in [0.15, 0.2) is 0 Å². The third-order valence-corrected chi connectivity index (χ3v) is 5.55. The van der Waals surface area contributed by atoms with Crippen LogP contribution in [0.2, 0.25) is 0 Å². The molecule has 7 heteroatoms. The third-order valence-electron chi connectivity index (χ3n) is 4.82. The summed E-state index contributed by atoms with van der Waals surface area (Å²) < 4.78 is 5.96. The molecule has 2 aromatic heterocycles. The molecule has 4 heterocycles. The van der Waals surface area contributed by atoms with Crippen LogP contribution in [0.4, 0.5) is 0 Å². The average Bonchev–Trinajstić information content (AvgIpc) is 3.32. The van der Waals surface area contributed by atoms with Crippen molar-refractivity contribution in [3.63, 3.8) is 0 Å². The van der Waals surface area contributed by atoms with Crippen molar-refractivity contribution in [3.8, 4) is 0 Å². The first kappa shape index (κ1) is 15.7. The molecular formula is C17H20N4O2S. The number of carbonyl (C=O) groups excluding carboxylic acids is 1. The molecule has 0 radical (unpaired) electrons. The minimum atomic E-state index is -0.167. The zero-order valence-corrected chi connectivity index (χ0v) is 14.1. The Bertz CT molecular complexity index is 679. The summed E-state index contributed by atoms with van der Waals surface area (Å²) in [4.78, 5) is 22.5. The number of fused-ring (bicyclic) bond motifs is 1. The summed E-state index contributed by atoms with van der Waals surface area (Å²) in [6, 6.07) is 2.18. The Hall–Kier alpha value is -1.83. The Morgan fingerprint density at radius 3 is 3.17 bits per heavy atom. The van der Waals surface area contributed by atoms with E-state index in [1.807, 2.05) is 0 Å². The van der Waals surface area contributed by atoms with Crippen LogP contribution in [0.1, 0.15) is 16.1 Å². The average molecular weight is 344 g/mol. The van der Waals surface area contributed by atoms with Gasteiger partial charge in [-0.2, -0.15) is 11.3 Å². The highest BCUT2D eigenvalue weighted by Crippen LogP contribution is 2.34. The van der Waals surface area contributed by atoms with Gasteiger partial charge in [-0.25, -0.2) is 4.98 Å². The minimum Gasteiger partial charge on any atom is -0.376 e. The number of aromatic nitrogens is 2. The Labute approximate surface area is 144 Å². The van der Waals surface area contributed by atoms with Crippen molar-refractivity contribution >= 4 is 17.2 Å². The molecule has 2 aromatic rings. The van der Waals surface area contributed by atoms with Crippen LogP contribution in [-0.4, -0.2) is 53.1 Å². The van der Waals surface area contributed by atoms with Gasteiger partial charge < -0.3 is 10.1 Å². The summed E-state index contributed by atoms with van der Waals surface area (Å²) in [6.45, 7) is 4.35. The van der Waals surface area contributed by atoms with Crippen LogP contribution in [-0.2, 0) is 11.3 Å². The lowest BCUT2D eigenvalue weighted by molar-refractivity contribution is 0.0901. The van der Waals surface area contributed by atoms with Crippen LogP contribution in [0.3, 0.4) is 0 Å². The molecule has 3 atom stereocenters. The molecule has 2 aliphatic heterocycles. The minimum absolute atomic E-state index is 0.167. The molecular weight excluding hydrogens is 324 g/mol. The maximum absolute atomic E-state index is 12.1. The first-order chi connectivity index (χ1) is 11.8. The van der Waals surface area contributed by atoms with Gasteiger partial charge in [-0.1, -0.05) is 0 Å². The van der Waals surface area contributed by atoms with Crippen LogP contribution in [0.15, 0.2) is 35.4 Å². The number of thiophene rings is 1. The Morgan fingerprint density at radius 2 is 2.38 bits per heavy atom. The maximum atomic E-state index is 12.1. The second-order valence-corrected chi connectivity index (χ2v) is 7.20. The second-order valence-electron chi connectivity index (χ2n) is 6.42. The van der Waals surface area contributed by atoms with Crippen molar-refractivity contribution in [1.82, 2.24) is 20.2 Å². The summed E-state index contributed by atoms with van der Waals surface area (Å²) >= 11 is 1.74. The van der Waals surface area contributed by atoms with E-state index in [-0.39, 0.29) is 5.91 Å². The highest BCUT2D eigenvalue weighted by Gasteiger charge is 2.43. The van der Waals surface area contributed by atoms with Gasteiger partial charge in [-0.05, 0) is 22.4 Å². The predicted molar refractivity (Wildman–Crippen MR) is 90.7 cm³/mol. The fourth-order valence-electron chi connectivity index (χ4n) is 3.59. The van der Waals surface area contributed by atoms with Gasteiger partial charge in [-0.3, -0.25) is 14.7 Å². The largest absolute Gasteiger partial charge is 0.376 e. The van der Waals surface area contributed by atoms with Gasteiger partial charge in [0, 0.05) is 50.4 Å². The van der Waals surface area contributed by atoms with E-state index in [1.165, 1.54) is 18.0 Å². The smallest absolute Gasteiger partial charge is 0.271 e. The van der Waals surface area contributed by atoms with E-state index in [2.05, 4.69) is 37.0 Å². The van der Waals surface area contributed by atoms with Crippen LogP contribution in [0.5, 0.6) is 0 Å². The summed E-state index contributed by atoms with van der Waals surface area (Å²) in [5, 5.41) is 7.30. The molecule has 126 valence electrons. The monoisotopic (exact) mass is 344 g/mol. The van der Waals surface area contributed by atoms with Gasteiger partial charge in [0.1, 0.15) is 5.69 Å². The summed E-state index contributed by atoms with van der Waals surface area (Å²) in [5.41, 5.74) is 1.73. The SMILES string of the molecule is O=C(NC[C@@H]1CO[C@@H]2CN(Cc3ccsc3)C[C@H]12)c1cnccn1. The number of ether oxygens (including phenoxy) is 1. The van der Waals surface area contributed by atoms with Crippen LogP contribution >= 0.6 is 11.3 Å². The Kier molecular flexibility index (Phi) is 4.55. The molecule has 0 spiro atoms. The number of nitrogens with one attached hydrogen (secondary N) is 1. The van der Waals surface area contributed by atoms with Gasteiger partial charge >= 0.3 is 0 Å². The van der Waals surface area contributed by atoms with Gasteiger partial charge in [0.05, 0.1) is 18.9 Å². The molecule has 1 N–H and O–H groups in total. The molecule has 0 aliphatic carbocycles. The lowest BCUT2D eigenvalue weighted by Gasteiger charge is -2.19. The quantitative estimate of drug-likeness (QED) is 0.888. The van der Waals surface area contributed by atoms with Crippen molar-refractivity contribution in [2.45, 2.75) is 12.6 Å². The fourth-order valence-corrected chi connectivity index (χ4v) is 4.25.